The molecule has 0 saturated heterocycles. The van der Waals surface area contributed by atoms with E-state index >= 15 is 0 Å². The van der Waals surface area contributed by atoms with Crippen LogP contribution < -0.4 is 10.1 Å². The molecule has 0 amide bonds. The van der Waals surface area contributed by atoms with Crippen LogP contribution in [0, 0.1) is 0 Å². The standard InChI is InChI=1S/C13H13Cl2N3O/c1-19-13-9(14)4-7(5-10(13)15)12-8-6-16-3-2-11(8)17-18-12/h4-5,16H,2-3,6H2,1H3,(H,17,18). The fraction of sp³-hybridized carbons (Fsp3) is 0.308. The minimum atomic E-state index is 0.491. The summed E-state index contributed by atoms with van der Waals surface area (Å²) in [6.07, 6.45) is 0.958. The lowest BCUT2D eigenvalue weighted by atomic mass is 10.0. The molecule has 0 spiro atoms. The Morgan fingerprint density at radius 3 is 2.68 bits per heavy atom. The van der Waals surface area contributed by atoms with Crippen LogP contribution in [-0.2, 0) is 13.0 Å². The lowest BCUT2D eigenvalue weighted by Crippen LogP contribution is -2.23. The van der Waals surface area contributed by atoms with Crippen molar-refractivity contribution in [1.82, 2.24) is 15.5 Å². The number of ether oxygens (including phenoxy) is 1. The number of H-pyrrole nitrogens is 1. The summed E-state index contributed by atoms with van der Waals surface area (Å²) >= 11 is 12.3. The monoisotopic (exact) mass is 297 g/mol. The summed E-state index contributed by atoms with van der Waals surface area (Å²) in [4.78, 5) is 0. The summed E-state index contributed by atoms with van der Waals surface area (Å²) in [5.74, 6) is 0.495. The number of halogens is 2. The zero-order valence-electron chi connectivity index (χ0n) is 10.4. The highest BCUT2D eigenvalue weighted by Gasteiger charge is 2.19. The van der Waals surface area contributed by atoms with Crippen molar-refractivity contribution in [1.29, 1.82) is 0 Å². The molecule has 0 aliphatic carbocycles. The number of aromatic amines is 1. The molecule has 2 aromatic rings. The Hall–Kier alpha value is -1.23. The van der Waals surface area contributed by atoms with Crippen molar-refractivity contribution in [3.8, 4) is 17.0 Å². The molecular weight excluding hydrogens is 285 g/mol. The maximum atomic E-state index is 6.17. The molecule has 3 rings (SSSR count). The molecule has 1 aliphatic rings. The smallest absolute Gasteiger partial charge is 0.156 e. The van der Waals surface area contributed by atoms with Gasteiger partial charge in [-0.1, -0.05) is 23.2 Å². The summed E-state index contributed by atoms with van der Waals surface area (Å²) in [5.41, 5.74) is 4.16. The van der Waals surface area contributed by atoms with Crippen molar-refractivity contribution < 1.29 is 4.74 Å². The van der Waals surface area contributed by atoms with Crippen LogP contribution in [0.25, 0.3) is 11.3 Å². The maximum Gasteiger partial charge on any atom is 0.156 e. The van der Waals surface area contributed by atoms with Gasteiger partial charge in [0, 0.05) is 36.3 Å². The normalized spacial score (nSPS) is 14.3. The number of benzene rings is 1. The fourth-order valence-corrected chi connectivity index (χ4v) is 3.00. The summed E-state index contributed by atoms with van der Waals surface area (Å²) in [7, 11) is 1.55. The van der Waals surface area contributed by atoms with Gasteiger partial charge in [-0.15, -0.1) is 0 Å². The Bertz CT molecular complexity index is 601. The lowest BCUT2D eigenvalue weighted by Gasteiger charge is -2.13. The molecule has 0 radical (unpaired) electrons. The number of nitrogens with one attached hydrogen (secondary N) is 2. The zero-order chi connectivity index (χ0) is 13.4. The number of fused-ring (bicyclic) bond motifs is 1. The Labute approximate surface area is 121 Å². The molecule has 0 unspecified atom stereocenters. The van der Waals surface area contributed by atoms with Crippen LogP contribution in [0.4, 0.5) is 0 Å². The van der Waals surface area contributed by atoms with Crippen LogP contribution in [0.15, 0.2) is 12.1 Å². The molecule has 2 N–H and O–H groups in total. The number of methoxy groups -OCH3 is 1. The maximum absolute atomic E-state index is 6.17. The predicted molar refractivity (Wildman–Crippen MR) is 76.0 cm³/mol. The summed E-state index contributed by atoms with van der Waals surface area (Å²) < 4.78 is 5.16. The molecule has 19 heavy (non-hydrogen) atoms. The molecule has 100 valence electrons. The Kier molecular flexibility index (Phi) is 3.39. The molecule has 0 bridgehead atoms. The number of hydrogen-bond donors (Lipinski definition) is 2. The van der Waals surface area contributed by atoms with Crippen molar-refractivity contribution in [3.05, 3.63) is 33.4 Å². The molecule has 0 saturated carbocycles. The lowest BCUT2D eigenvalue weighted by molar-refractivity contribution is 0.415. The third-order valence-corrected chi connectivity index (χ3v) is 3.84. The van der Waals surface area contributed by atoms with E-state index in [9.17, 15) is 0 Å². The van der Waals surface area contributed by atoms with E-state index in [4.69, 9.17) is 27.9 Å². The first kappa shape index (κ1) is 12.8. The van der Waals surface area contributed by atoms with Crippen LogP contribution in [0.3, 0.4) is 0 Å². The van der Waals surface area contributed by atoms with Crippen LogP contribution in [-0.4, -0.2) is 23.9 Å². The minimum absolute atomic E-state index is 0.491. The molecule has 0 fully saturated rings. The van der Waals surface area contributed by atoms with Gasteiger partial charge < -0.3 is 10.1 Å². The number of hydrogen-bond acceptors (Lipinski definition) is 3. The van der Waals surface area contributed by atoms with Crippen molar-refractivity contribution >= 4 is 23.2 Å². The van der Waals surface area contributed by atoms with Gasteiger partial charge in [0.25, 0.3) is 0 Å². The van der Waals surface area contributed by atoms with Gasteiger partial charge in [-0.25, -0.2) is 0 Å². The summed E-state index contributed by atoms with van der Waals surface area (Å²) in [5, 5.41) is 11.8. The molecule has 0 atom stereocenters. The topological polar surface area (TPSA) is 49.9 Å². The Morgan fingerprint density at radius 2 is 2.00 bits per heavy atom. The van der Waals surface area contributed by atoms with Crippen LogP contribution >= 0.6 is 23.2 Å². The van der Waals surface area contributed by atoms with E-state index in [1.807, 2.05) is 12.1 Å². The fourth-order valence-electron chi connectivity index (χ4n) is 2.36. The molecule has 1 aliphatic heterocycles. The molecule has 2 heterocycles. The second-order valence-electron chi connectivity index (χ2n) is 4.43. The van der Waals surface area contributed by atoms with Gasteiger partial charge in [-0.05, 0) is 12.1 Å². The highest BCUT2D eigenvalue weighted by atomic mass is 35.5. The van der Waals surface area contributed by atoms with Crippen molar-refractivity contribution in [3.63, 3.8) is 0 Å². The Morgan fingerprint density at radius 1 is 1.26 bits per heavy atom. The highest BCUT2D eigenvalue weighted by Crippen LogP contribution is 2.38. The quantitative estimate of drug-likeness (QED) is 0.896. The average Bonchev–Trinajstić information content (AvgIpc) is 2.82. The van der Waals surface area contributed by atoms with Gasteiger partial charge in [0.2, 0.25) is 0 Å². The first-order chi connectivity index (χ1) is 9.20. The number of aromatic nitrogens is 2. The van der Waals surface area contributed by atoms with Crippen LogP contribution in [0.2, 0.25) is 10.0 Å². The first-order valence-corrected chi connectivity index (χ1v) is 6.76. The predicted octanol–water partition coefficient (Wildman–Crippen LogP) is 3.04. The molecule has 1 aromatic carbocycles. The van der Waals surface area contributed by atoms with E-state index in [0.717, 1.165) is 30.8 Å². The zero-order valence-corrected chi connectivity index (χ0v) is 11.9. The van der Waals surface area contributed by atoms with Crippen LogP contribution in [0.5, 0.6) is 5.75 Å². The van der Waals surface area contributed by atoms with E-state index in [1.54, 1.807) is 7.11 Å². The second-order valence-corrected chi connectivity index (χ2v) is 5.24. The molecular formula is C13H13Cl2N3O. The van der Waals surface area contributed by atoms with Crippen molar-refractivity contribution in [2.24, 2.45) is 0 Å². The summed E-state index contributed by atoms with van der Waals surface area (Å²) in [6.45, 7) is 1.78. The van der Waals surface area contributed by atoms with Gasteiger partial charge in [-0.2, -0.15) is 5.10 Å². The molecule has 4 nitrogen and oxygen atoms in total. The second kappa shape index (κ2) is 5.04. The van der Waals surface area contributed by atoms with E-state index in [0.29, 0.717) is 15.8 Å². The average molecular weight is 298 g/mol. The van der Waals surface area contributed by atoms with E-state index < -0.39 is 0 Å². The highest BCUT2D eigenvalue weighted by molar-refractivity contribution is 6.37. The van der Waals surface area contributed by atoms with Gasteiger partial charge >= 0.3 is 0 Å². The summed E-state index contributed by atoms with van der Waals surface area (Å²) in [6, 6.07) is 3.66. The number of rotatable bonds is 2. The van der Waals surface area contributed by atoms with Crippen molar-refractivity contribution in [2.45, 2.75) is 13.0 Å². The van der Waals surface area contributed by atoms with Gasteiger partial charge in [0.1, 0.15) is 0 Å². The van der Waals surface area contributed by atoms with E-state index in [2.05, 4.69) is 15.5 Å². The van der Waals surface area contributed by atoms with Crippen molar-refractivity contribution in [2.75, 3.05) is 13.7 Å². The largest absolute Gasteiger partial charge is 0.494 e. The first-order valence-electron chi connectivity index (χ1n) is 6.01. The number of nitrogens with zero attached hydrogens (tertiary/aromatic N) is 1. The molecule has 1 aromatic heterocycles. The Balaban J connectivity index is 2.10. The van der Waals surface area contributed by atoms with E-state index in [-0.39, 0.29) is 0 Å². The van der Waals surface area contributed by atoms with Gasteiger partial charge in [0.05, 0.1) is 22.8 Å². The van der Waals surface area contributed by atoms with Crippen LogP contribution in [0.1, 0.15) is 11.3 Å². The third kappa shape index (κ3) is 2.20. The SMILES string of the molecule is COc1c(Cl)cc(-c2n[nH]c3c2CNCC3)cc1Cl. The minimum Gasteiger partial charge on any atom is -0.494 e. The van der Waals surface area contributed by atoms with E-state index in [1.165, 1.54) is 11.3 Å². The van der Waals surface area contributed by atoms with Gasteiger partial charge in [0.15, 0.2) is 5.75 Å². The molecule has 6 heteroatoms. The third-order valence-electron chi connectivity index (χ3n) is 3.28. The van der Waals surface area contributed by atoms with Gasteiger partial charge in [-0.3, -0.25) is 5.10 Å².